The maximum atomic E-state index is 12.7. The maximum Gasteiger partial charge on any atom is 0.265 e. The smallest absolute Gasteiger partial charge is 0.265 e. The van der Waals surface area contributed by atoms with Crippen LogP contribution in [0.25, 0.3) is 11.1 Å². The van der Waals surface area contributed by atoms with E-state index >= 15 is 0 Å². The molecule has 0 fully saturated rings. The molecule has 7 nitrogen and oxygen atoms in total. The van der Waals surface area contributed by atoms with Crippen LogP contribution in [0.15, 0.2) is 91.3 Å². The van der Waals surface area contributed by atoms with Gasteiger partial charge in [-0.25, -0.2) is 9.97 Å². The molecule has 2 heterocycles. The number of carbonyl (C=O) groups excluding carboxylic acids is 2. The van der Waals surface area contributed by atoms with Crippen molar-refractivity contribution >= 4 is 23.5 Å². The molecule has 7 heteroatoms. The van der Waals surface area contributed by atoms with Gasteiger partial charge in [0.2, 0.25) is 5.95 Å². The van der Waals surface area contributed by atoms with Crippen LogP contribution in [0.2, 0.25) is 0 Å². The highest BCUT2D eigenvalue weighted by atomic mass is 16.5. The summed E-state index contributed by atoms with van der Waals surface area (Å²) in [7, 11) is 0. The van der Waals surface area contributed by atoms with Crippen molar-refractivity contribution < 1.29 is 14.3 Å². The van der Waals surface area contributed by atoms with Crippen molar-refractivity contribution in [2.24, 2.45) is 0 Å². The number of carbonyl (C=O) groups is 2. The number of hydrogen-bond donors (Lipinski definition) is 2. The molecule has 162 valence electrons. The molecule has 0 saturated heterocycles. The predicted octanol–water partition coefficient (Wildman–Crippen LogP) is 4.34. The van der Waals surface area contributed by atoms with Crippen LogP contribution >= 0.6 is 0 Å². The molecule has 1 unspecified atom stereocenters. The van der Waals surface area contributed by atoms with Crippen LogP contribution in [0.3, 0.4) is 0 Å². The Morgan fingerprint density at radius 1 is 0.818 bits per heavy atom. The maximum absolute atomic E-state index is 12.7. The lowest BCUT2D eigenvalue weighted by molar-refractivity contribution is -0.122. The molecule has 2 amide bonds. The second-order valence-electron chi connectivity index (χ2n) is 7.60. The Labute approximate surface area is 190 Å². The topological polar surface area (TPSA) is 93.2 Å². The summed E-state index contributed by atoms with van der Waals surface area (Å²) in [6.45, 7) is 0. The monoisotopic (exact) mass is 436 g/mol. The Hall–Kier alpha value is -4.52. The van der Waals surface area contributed by atoms with Crippen LogP contribution in [-0.2, 0) is 11.2 Å². The van der Waals surface area contributed by atoms with Crippen LogP contribution in [0.5, 0.6) is 5.75 Å². The zero-order valence-electron chi connectivity index (χ0n) is 17.6. The van der Waals surface area contributed by atoms with Crippen LogP contribution in [0.1, 0.15) is 15.9 Å². The third kappa shape index (κ3) is 4.57. The van der Waals surface area contributed by atoms with Gasteiger partial charge in [0, 0.05) is 35.6 Å². The molecule has 0 bridgehead atoms. The van der Waals surface area contributed by atoms with Gasteiger partial charge in [-0.15, -0.1) is 0 Å². The number of nitrogens with zero attached hydrogens (tertiary/aromatic N) is 2. The van der Waals surface area contributed by atoms with E-state index in [-0.39, 0.29) is 17.8 Å². The largest absolute Gasteiger partial charge is 0.480 e. The standard InChI is InChI=1S/C26H20N4O3/c31-24(30-26-27-15-20(16-28-26)17-7-2-1-3-8-17)19-10-6-11-21(13-19)29-25(32)23-14-18-9-4-5-12-22(18)33-23/h1-13,15-16,23H,14H2,(H,29,32)(H,27,28,30,31). The number of ether oxygens (including phenoxy) is 1. The number of rotatable bonds is 5. The molecular formula is C26H20N4O3. The first kappa shape index (κ1) is 20.4. The van der Waals surface area contributed by atoms with Crippen molar-refractivity contribution in [1.29, 1.82) is 0 Å². The molecule has 4 aromatic rings. The molecule has 0 saturated carbocycles. The minimum absolute atomic E-state index is 0.200. The predicted molar refractivity (Wildman–Crippen MR) is 125 cm³/mol. The first-order valence-corrected chi connectivity index (χ1v) is 10.5. The third-order valence-corrected chi connectivity index (χ3v) is 5.32. The number of benzene rings is 3. The Kier molecular flexibility index (Phi) is 5.51. The Morgan fingerprint density at radius 3 is 2.36 bits per heavy atom. The van der Waals surface area contributed by atoms with E-state index in [9.17, 15) is 9.59 Å². The van der Waals surface area contributed by atoms with Crippen molar-refractivity contribution in [3.05, 3.63) is 102 Å². The summed E-state index contributed by atoms with van der Waals surface area (Å²) in [6.07, 6.45) is 3.23. The van der Waals surface area contributed by atoms with Crippen molar-refractivity contribution in [3.63, 3.8) is 0 Å². The zero-order valence-corrected chi connectivity index (χ0v) is 17.6. The van der Waals surface area contributed by atoms with Gasteiger partial charge in [0.15, 0.2) is 6.10 Å². The first-order chi connectivity index (χ1) is 16.2. The Morgan fingerprint density at radius 2 is 1.58 bits per heavy atom. The molecule has 1 aliphatic rings. The highest BCUT2D eigenvalue weighted by molar-refractivity contribution is 6.04. The van der Waals surface area contributed by atoms with E-state index < -0.39 is 6.10 Å². The van der Waals surface area contributed by atoms with Gasteiger partial charge in [0.05, 0.1) is 0 Å². The van der Waals surface area contributed by atoms with E-state index in [1.807, 2.05) is 54.6 Å². The summed E-state index contributed by atoms with van der Waals surface area (Å²) in [5.41, 5.74) is 3.73. The van der Waals surface area contributed by atoms with Crippen LogP contribution < -0.4 is 15.4 Å². The fraction of sp³-hybridized carbons (Fsp3) is 0.0769. The summed E-state index contributed by atoms with van der Waals surface area (Å²) in [6, 6.07) is 24.0. The van der Waals surface area contributed by atoms with Gasteiger partial charge in [0.25, 0.3) is 11.8 Å². The molecule has 3 aromatic carbocycles. The number of anilines is 2. The number of para-hydroxylation sites is 1. The quantitative estimate of drug-likeness (QED) is 0.486. The summed E-state index contributed by atoms with van der Waals surface area (Å²) in [4.78, 5) is 33.8. The molecule has 0 spiro atoms. The van der Waals surface area contributed by atoms with Crippen molar-refractivity contribution in [1.82, 2.24) is 9.97 Å². The normalized spacial score (nSPS) is 14.1. The van der Waals surface area contributed by atoms with Gasteiger partial charge in [-0.3, -0.25) is 14.9 Å². The average molecular weight is 436 g/mol. The van der Waals surface area contributed by atoms with Crippen LogP contribution in [0, 0.1) is 0 Å². The fourth-order valence-corrected chi connectivity index (χ4v) is 3.64. The van der Waals surface area contributed by atoms with E-state index in [2.05, 4.69) is 20.6 Å². The second kappa shape index (κ2) is 8.92. The molecule has 2 N–H and O–H groups in total. The highest BCUT2D eigenvalue weighted by Crippen LogP contribution is 2.28. The number of nitrogens with one attached hydrogen (secondary N) is 2. The summed E-state index contributed by atoms with van der Waals surface area (Å²) >= 11 is 0. The molecule has 1 atom stereocenters. The molecule has 5 rings (SSSR count). The number of amides is 2. The van der Waals surface area contributed by atoms with E-state index in [1.54, 1.807) is 36.7 Å². The lowest BCUT2D eigenvalue weighted by Crippen LogP contribution is -2.31. The molecule has 33 heavy (non-hydrogen) atoms. The molecule has 0 aliphatic carbocycles. The van der Waals surface area contributed by atoms with Crippen LogP contribution in [0.4, 0.5) is 11.6 Å². The van der Waals surface area contributed by atoms with Gasteiger partial charge >= 0.3 is 0 Å². The van der Waals surface area contributed by atoms with Gasteiger partial charge in [-0.05, 0) is 35.4 Å². The molecule has 1 aliphatic heterocycles. The summed E-state index contributed by atoms with van der Waals surface area (Å²) in [5.74, 6) is 0.293. The first-order valence-electron chi connectivity index (χ1n) is 10.5. The van der Waals surface area contributed by atoms with E-state index in [0.717, 1.165) is 22.4 Å². The van der Waals surface area contributed by atoms with E-state index in [1.165, 1.54) is 0 Å². The highest BCUT2D eigenvalue weighted by Gasteiger charge is 2.28. The molecule has 1 aromatic heterocycles. The van der Waals surface area contributed by atoms with Gasteiger partial charge in [-0.2, -0.15) is 0 Å². The minimum Gasteiger partial charge on any atom is -0.480 e. The summed E-state index contributed by atoms with van der Waals surface area (Å²) in [5, 5.41) is 5.51. The van der Waals surface area contributed by atoms with Crippen molar-refractivity contribution in [2.75, 3.05) is 10.6 Å². The number of hydrogen-bond acceptors (Lipinski definition) is 5. The number of fused-ring (bicyclic) bond motifs is 1. The lowest BCUT2D eigenvalue weighted by Gasteiger charge is -2.12. The second-order valence-corrected chi connectivity index (χ2v) is 7.60. The molecule has 0 radical (unpaired) electrons. The fourth-order valence-electron chi connectivity index (χ4n) is 3.64. The molecular weight excluding hydrogens is 416 g/mol. The van der Waals surface area contributed by atoms with Crippen LogP contribution in [-0.4, -0.2) is 27.9 Å². The zero-order chi connectivity index (χ0) is 22.6. The van der Waals surface area contributed by atoms with Gasteiger partial charge in [-0.1, -0.05) is 54.6 Å². The minimum atomic E-state index is -0.601. The third-order valence-electron chi connectivity index (χ3n) is 5.32. The van der Waals surface area contributed by atoms with Gasteiger partial charge in [0.1, 0.15) is 5.75 Å². The van der Waals surface area contributed by atoms with Crippen molar-refractivity contribution in [3.8, 4) is 16.9 Å². The van der Waals surface area contributed by atoms with E-state index in [4.69, 9.17) is 4.74 Å². The Bertz CT molecular complexity index is 1280. The Balaban J connectivity index is 1.23. The van der Waals surface area contributed by atoms with Crippen molar-refractivity contribution in [2.45, 2.75) is 12.5 Å². The lowest BCUT2D eigenvalue weighted by atomic mass is 10.1. The van der Waals surface area contributed by atoms with E-state index in [0.29, 0.717) is 17.7 Å². The number of aromatic nitrogens is 2. The SMILES string of the molecule is O=C(Nc1ncc(-c2ccccc2)cn1)c1cccc(NC(=O)C2Cc3ccccc3O2)c1. The van der Waals surface area contributed by atoms with Gasteiger partial charge < -0.3 is 10.1 Å². The summed E-state index contributed by atoms with van der Waals surface area (Å²) < 4.78 is 5.73. The average Bonchev–Trinajstić information content (AvgIpc) is 3.30.